The van der Waals surface area contributed by atoms with Crippen LogP contribution in [0, 0.1) is 11.8 Å². The van der Waals surface area contributed by atoms with E-state index in [1.165, 1.54) is 0 Å². The predicted molar refractivity (Wildman–Crippen MR) is 79.4 cm³/mol. The number of amides is 1. The molecule has 1 amide bonds. The summed E-state index contributed by atoms with van der Waals surface area (Å²) in [6.45, 7) is 5.67. The van der Waals surface area contributed by atoms with E-state index in [1.807, 2.05) is 25.8 Å². The smallest absolute Gasteiger partial charge is 0.225 e. The van der Waals surface area contributed by atoms with E-state index >= 15 is 0 Å². The molecule has 1 fully saturated rings. The third kappa shape index (κ3) is 3.46. The molecule has 5 nitrogen and oxygen atoms in total. The molecule has 2 heterocycles. The number of carbonyl (C=O) groups excluding carboxylic acids is 1. The highest BCUT2D eigenvalue weighted by Crippen LogP contribution is 2.23. The standard InChI is InChI=1S/C15H24N4O/c1-11(2)15(20)19-8-4-5-12(10-19)9-13-14(16-3)18-7-6-17-13/h6-7,11-12H,4-5,8-10H2,1-3H3,(H,16,18)/t12-/m1/s1. The zero-order chi connectivity index (χ0) is 14.5. The number of carbonyl (C=O) groups is 1. The second kappa shape index (κ2) is 6.68. The quantitative estimate of drug-likeness (QED) is 0.913. The molecule has 1 aliphatic heterocycles. The highest BCUT2D eigenvalue weighted by Gasteiger charge is 2.26. The fourth-order valence-electron chi connectivity index (χ4n) is 2.80. The second-order valence-corrected chi connectivity index (χ2v) is 5.75. The highest BCUT2D eigenvalue weighted by molar-refractivity contribution is 5.78. The van der Waals surface area contributed by atoms with E-state index in [2.05, 4.69) is 15.3 Å². The molecule has 1 aromatic rings. The van der Waals surface area contributed by atoms with Crippen molar-refractivity contribution in [1.82, 2.24) is 14.9 Å². The fourth-order valence-corrected chi connectivity index (χ4v) is 2.80. The van der Waals surface area contributed by atoms with Gasteiger partial charge in [-0.25, -0.2) is 4.98 Å². The lowest BCUT2D eigenvalue weighted by Gasteiger charge is -2.34. The Hall–Kier alpha value is -1.65. The molecule has 1 aromatic heterocycles. The van der Waals surface area contributed by atoms with Gasteiger partial charge in [-0.05, 0) is 25.2 Å². The molecule has 0 aliphatic carbocycles. The first-order valence-electron chi connectivity index (χ1n) is 7.38. The molecule has 1 saturated heterocycles. The first-order chi connectivity index (χ1) is 9.61. The van der Waals surface area contributed by atoms with E-state index in [1.54, 1.807) is 12.4 Å². The third-order valence-corrected chi connectivity index (χ3v) is 3.82. The Kier molecular flexibility index (Phi) is 4.93. The van der Waals surface area contributed by atoms with Gasteiger partial charge in [-0.15, -0.1) is 0 Å². The number of nitrogens with zero attached hydrogens (tertiary/aromatic N) is 3. The summed E-state index contributed by atoms with van der Waals surface area (Å²) < 4.78 is 0. The van der Waals surface area contributed by atoms with E-state index in [0.29, 0.717) is 5.92 Å². The van der Waals surface area contributed by atoms with Crippen molar-refractivity contribution < 1.29 is 4.79 Å². The number of aromatic nitrogens is 2. The lowest BCUT2D eigenvalue weighted by Crippen LogP contribution is -2.42. The second-order valence-electron chi connectivity index (χ2n) is 5.75. The lowest BCUT2D eigenvalue weighted by molar-refractivity contribution is -0.136. The van der Waals surface area contributed by atoms with Crippen LogP contribution in [0.4, 0.5) is 5.82 Å². The van der Waals surface area contributed by atoms with Gasteiger partial charge in [-0.3, -0.25) is 9.78 Å². The molecule has 0 unspecified atom stereocenters. The summed E-state index contributed by atoms with van der Waals surface area (Å²) in [6.07, 6.45) is 6.55. The Bertz CT molecular complexity index is 461. The average Bonchev–Trinajstić information content (AvgIpc) is 2.47. The minimum atomic E-state index is 0.0816. The molecule has 0 spiro atoms. The molecule has 2 rings (SSSR count). The number of likely N-dealkylation sites (tertiary alicyclic amines) is 1. The van der Waals surface area contributed by atoms with Gasteiger partial charge in [-0.2, -0.15) is 0 Å². The Morgan fingerprint density at radius 2 is 2.20 bits per heavy atom. The van der Waals surface area contributed by atoms with E-state index in [9.17, 15) is 4.79 Å². The van der Waals surface area contributed by atoms with Crippen LogP contribution >= 0.6 is 0 Å². The number of hydrogen-bond acceptors (Lipinski definition) is 4. The van der Waals surface area contributed by atoms with Crippen molar-refractivity contribution in [1.29, 1.82) is 0 Å². The third-order valence-electron chi connectivity index (χ3n) is 3.82. The number of hydrogen-bond donors (Lipinski definition) is 1. The van der Waals surface area contributed by atoms with Gasteiger partial charge in [-0.1, -0.05) is 13.8 Å². The summed E-state index contributed by atoms with van der Waals surface area (Å²) in [5, 5.41) is 3.08. The molecule has 0 saturated carbocycles. The lowest BCUT2D eigenvalue weighted by atomic mass is 9.92. The first kappa shape index (κ1) is 14.8. The van der Waals surface area contributed by atoms with Crippen LogP contribution in [-0.2, 0) is 11.2 Å². The molecule has 1 atom stereocenters. The normalized spacial score (nSPS) is 19.2. The molecule has 1 N–H and O–H groups in total. The Labute approximate surface area is 120 Å². The maximum absolute atomic E-state index is 12.1. The van der Waals surface area contributed by atoms with Crippen LogP contribution in [0.1, 0.15) is 32.4 Å². The van der Waals surface area contributed by atoms with Gasteiger partial charge >= 0.3 is 0 Å². The van der Waals surface area contributed by atoms with Crippen LogP contribution in [0.3, 0.4) is 0 Å². The van der Waals surface area contributed by atoms with E-state index in [4.69, 9.17) is 0 Å². The summed E-state index contributed by atoms with van der Waals surface area (Å²) in [5.41, 5.74) is 0.999. The van der Waals surface area contributed by atoms with Crippen molar-refractivity contribution in [3.8, 4) is 0 Å². The number of piperidine rings is 1. The maximum Gasteiger partial charge on any atom is 0.225 e. The molecule has 0 radical (unpaired) electrons. The van der Waals surface area contributed by atoms with Gasteiger partial charge in [0.2, 0.25) is 5.91 Å². The molecule has 0 bridgehead atoms. The van der Waals surface area contributed by atoms with Crippen molar-refractivity contribution in [2.24, 2.45) is 11.8 Å². The summed E-state index contributed by atoms with van der Waals surface area (Å²) in [4.78, 5) is 22.8. The van der Waals surface area contributed by atoms with Crippen LogP contribution in [0.25, 0.3) is 0 Å². The zero-order valence-corrected chi connectivity index (χ0v) is 12.6. The van der Waals surface area contributed by atoms with Crippen LogP contribution in [0.15, 0.2) is 12.4 Å². The van der Waals surface area contributed by atoms with Crippen LogP contribution in [0.5, 0.6) is 0 Å². The number of anilines is 1. The van der Waals surface area contributed by atoms with Crippen LogP contribution in [-0.4, -0.2) is 40.9 Å². The van der Waals surface area contributed by atoms with Crippen LogP contribution < -0.4 is 5.32 Å². The van der Waals surface area contributed by atoms with Crippen molar-refractivity contribution in [2.45, 2.75) is 33.1 Å². The Balaban J connectivity index is 2.01. The SMILES string of the molecule is CNc1nccnc1C[C@H]1CCCN(C(=O)C(C)C)C1. The van der Waals surface area contributed by atoms with Gasteiger partial charge in [0.1, 0.15) is 5.82 Å². The minimum Gasteiger partial charge on any atom is -0.372 e. The molecule has 110 valence electrons. The molecule has 1 aliphatic rings. The summed E-state index contributed by atoms with van der Waals surface area (Å²) in [5.74, 6) is 1.68. The summed E-state index contributed by atoms with van der Waals surface area (Å²) >= 11 is 0. The van der Waals surface area contributed by atoms with Crippen molar-refractivity contribution in [2.75, 3.05) is 25.5 Å². The number of rotatable bonds is 4. The Morgan fingerprint density at radius 1 is 1.45 bits per heavy atom. The molecular weight excluding hydrogens is 252 g/mol. The largest absolute Gasteiger partial charge is 0.372 e. The van der Waals surface area contributed by atoms with Gasteiger partial charge in [0.05, 0.1) is 5.69 Å². The summed E-state index contributed by atoms with van der Waals surface area (Å²) in [6, 6.07) is 0. The molecule has 20 heavy (non-hydrogen) atoms. The van der Waals surface area contributed by atoms with Crippen molar-refractivity contribution in [3.05, 3.63) is 18.1 Å². The highest BCUT2D eigenvalue weighted by atomic mass is 16.2. The van der Waals surface area contributed by atoms with E-state index in [-0.39, 0.29) is 11.8 Å². The maximum atomic E-state index is 12.1. The molecule has 5 heteroatoms. The molecule has 0 aromatic carbocycles. The number of nitrogens with one attached hydrogen (secondary N) is 1. The topological polar surface area (TPSA) is 58.1 Å². The molecular formula is C15H24N4O. The monoisotopic (exact) mass is 276 g/mol. The zero-order valence-electron chi connectivity index (χ0n) is 12.6. The Morgan fingerprint density at radius 3 is 2.90 bits per heavy atom. The van der Waals surface area contributed by atoms with Gasteiger partial charge in [0, 0.05) is 38.4 Å². The van der Waals surface area contributed by atoms with Gasteiger partial charge < -0.3 is 10.2 Å². The average molecular weight is 276 g/mol. The minimum absolute atomic E-state index is 0.0816. The van der Waals surface area contributed by atoms with E-state index in [0.717, 1.165) is 43.9 Å². The van der Waals surface area contributed by atoms with E-state index < -0.39 is 0 Å². The van der Waals surface area contributed by atoms with Crippen LogP contribution in [0.2, 0.25) is 0 Å². The predicted octanol–water partition coefficient (Wildman–Crippen LogP) is 1.96. The van der Waals surface area contributed by atoms with Crippen molar-refractivity contribution in [3.63, 3.8) is 0 Å². The van der Waals surface area contributed by atoms with Gasteiger partial charge in [0.25, 0.3) is 0 Å². The summed E-state index contributed by atoms with van der Waals surface area (Å²) in [7, 11) is 1.86. The van der Waals surface area contributed by atoms with Crippen molar-refractivity contribution >= 4 is 11.7 Å². The van der Waals surface area contributed by atoms with Gasteiger partial charge in [0.15, 0.2) is 0 Å². The fraction of sp³-hybridized carbons (Fsp3) is 0.667. The first-order valence-corrected chi connectivity index (χ1v) is 7.38.